The highest BCUT2D eigenvalue weighted by Gasteiger charge is 2.38. The van der Waals surface area contributed by atoms with Crippen molar-refractivity contribution in [3.63, 3.8) is 0 Å². The van der Waals surface area contributed by atoms with Crippen molar-refractivity contribution in [1.82, 2.24) is 5.32 Å². The number of alkyl carbamates (subject to hydrolysis) is 1. The maximum atomic E-state index is 11.8. The summed E-state index contributed by atoms with van der Waals surface area (Å²) >= 11 is 0. The van der Waals surface area contributed by atoms with Gasteiger partial charge in [-0.2, -0.15) is 0 Å². The van der Waals surface area contributed by atoms with Crippen LogP contribution in [-0.4, -0.2) is 36.2 Å². The Morgan fingerprint density at radius 3 is 2.63 bits per heavy atom. The molecule has 19 heavy (non-hydrogen) atoms. The Labute approximate surface area is 115 Å². The lowest BCUT2D eigenvalue weighted by Gasteiger charge is -2.26. The number of nitrogens with one attached hydrogen (secondary N) is 1. The molecule has 1 rings (SSSR count). The van der Waals surface area contributed by atoms with E-state index in [9.17, 15) is 4.79 Å². The lowest BCUT2D eigenvalue weighted by atomic mass is 10.1. The summed E-state index contributed by atoms with van der Waals surface area (Å²) in [6.45, 7) is 13.3. The van der Waals surface area contributed by atoms with Gasteiger partial charge in [-0.05, 0) is 41.0 Å². The molecule has 5 heteroatoms. The van der Waals surface area contributed by atoms with Gasteiger partial charge in [0, 0.05) is 0 Å². The minimum Gasteiger partial charge on any atom is -0.444 e. The second-order valence-electron chi connectivity index (χ2n) is 6.14. The van der Waals surface area contributed by atoms with E-state index in [2.05, 4.69) is 11.9 Å². The number of ether oxygens (including phenoxy) is 3. The normalized spacial score (nSPS) is 23.7. The minimum atomic E-state index is -0.611. The summed E-state index contributed by atoms with van der Waals surface area (Å²) in [5, 5.41) is 2.82. The fraction of sp³-hybridized carbons (Fsp3) is 0.786. The summed E-state index contributed by atoms with van der Waals surface area (Å²) in [6, 6.07) is -0.200. The summed E-state index contributed by atoms with van der Waals surface area (Å²) in [7, 11) is 0. The molecule has 1 N–H and O–H groups in total. The van der Waals surface area contributed by atoms with Crippen LogP contribution >= 0.6 is 0 Å². The van der Waals surface area contributed by atoms with Gasteiger partial charge in [0.15, 0.2) is 5.79 Å². The van der Waals surface area contributed by atoms with Crippen LogP contribution in [0.3, 0.4) is 0 Å². The van der Waals surface area contributed by atoms with Gasteiger partial charge in [0.1, 0.15) is 11.7 Å². The van der Waals surface area contributed by atoms with E-state index in [0.29, 0.717) is 13.0 Å². The highest BCUT2D eigenvalue weighted by Crippen LogP contribution is 2.25. The van der Waals surface area contributed by atoms with Gasteiger partial charge < -0.3 is 19.5 Å². The minimum absolute atomic E-state index is 0.194. The lowest BCUT2D eigenvalue weighted by Crippen LogP contribution is -2.46. The second-order valence-corrected chi connectivity index (χ2v) is 6.14. The molecule has 1 saturated heterocycles. The molecule has 110 valence electrons. The topological polar surface area (TPSA) is 56.8 Å². The number of hydrogen-bond acceptors (Lipinski definition) is 4. The van der Waals surface area contributed by atoms with E-state index >= 15 is 0 Å². The van der Waals surface area contributed by atoms with Crippen molar-refractivity contribution in [1.29, 1.82) is 0 Å². The van der Waals surface area contributed by atoms with Crippen LogP contribution in [0.2, 0.25) is 0 Å². The fourth-order valence-corrected chi connectivity index (χ4v) is 1.86. The molecule has 1 aliphatic rings. The smallest absolute Gasteiger partial charge is 0.407 e. The summed E-state index contributed by atoms with van der Waals surface area (Å²) < 4.78 is 16.5. The summed E-state index contributed by atoms with van der Waals surface area (Å²) in [4.78, 5) is 11.8. The number of rotatable bonds is 4. The molecule has 1 amide bonds. The molecule has 0 unspecified atom stereocenters. The standard InChI is InChI=1S/C14H25NO4/c1-7-8-10(11-9-17-14(5,6)18-11)15-12(16)19-13(2,3)4/h7,10-11H,1,8-9H2,2-6H3,(H,15,16)/t10-,11+/m0/s1. The van der Waals surface area contributed by atoms with Crippen LogP contribution in [0.5, 0.6) is 0 Å². The van der Waals surface area contributed by atoms with Gasteiger partial charge in [-0.1, -0.05) is 6.08 Å². The zero-order valence-electron chi connectivity index (χ0n) is 12.5. The Balaban J connectivity index is 2.58. The van der Waals surface area contributed by atoms with E-state index in [-0.39, 0.29) is 12.1 Å². The zero-order valence-corrected chi connectivity index (χ0v) is 12.5. The maximum absolute atomic E-state index is 11.8. The number of carbonyl (C=O) groups excluding carboxylic acids is 1. The molecular formula is C14H25NO4. The molecule has 0 aliphatic carbocycles. The highest BCUT2D eigenvalue weighted by atomic mass is 16.7. The second kappa shape index (κ2) is 5.92. The fourth-order valence-electron chi connectivity index (χ4n) is 1.86. The van der Waals surface area contributed by atoms with Crippen LogP contribution in [0, 0.1) is 0 Å². The number of hydrogen-bond donors (Lipinski definition) is 1. The van der Waals surface area contributed by atoms with Crippen LogP contribution in [0.1, 0.15) is 41.0 Å². The van der Waals surface area contributed by atoms with Crippen LogP contribution in [0.4, 0.5) is 4.79 Å². The van der Waals surface area contributed by atoms with Crippen molar-refractivity contribution in [2.24, 2.45) is 0 Å². The van der Waals surface area contributed by atoms with E-state index in [1.54, 1.807) is 6.08 Å². The Morgan fingerprint density at radius 1 is 1.58 bits per heavy atom. The Hall–Kier alpha value is -1.07. The monoisotopic (exact) mass is 271 g/mol. The zero-order chi connectivity index (χ0) is 14.7. The lowest BCUT2D eigenvalue weighted by molar-refractivity contribution is -0.141. The van der Waals surface area contributed by atoms with Gasteiger partial charge in [0.25, 0.3) is 0 Å². The van der Waals surface area contributed by atoms with Gasteiger partial charge >= 0.3 is 6.09 Å². The Morgan fingerprint density at radius 2 is 2.21 bits per heavy atom. The molecular weight excluding hydrogens is 246 g/mol. The molecule has 0 bridgehead atoms. The molecule has 0 radical (unpaired) electrons. The van der Waals surface area contributed by atoms with E-state index in [1.165, 1.54) is 0 Å². The summed E-state index contributed by atoms with van der Waals surface area (Å²) in [5.41, 5.74) is -0.519. The van der Waals surface area contributed by atoms with E-state index in [0.717, 1.165) is 0 Å². The largest absolute Gasteiger partial charge is 0.444 e. The van der Waals surface area contributed by atoms with Crippen molar-refractivity contribution in [2.45, 2.75) is 64.6 Å². The summed E-state index contributed by atoms with van der Waals surface area (Å²) in [5.74, 6) is -0.611. The molecule has 0 aromatic heterocycles. The van der Waals surface area contributed by atoms with Crippen molar-refractivity contribution < 1.29 is 19.0 Å². The maximum Gasteiger partial charge on any atom is 0.407 e. The Bertz CT molecular complexity index is 333. The first-order valence-electron chi connectivity index (χ1n) is 6.55. The van der Waals surface area contributed by atoms with E-state index < -0.39 is 17.5 Å². The molecule has 5 nitrogen and oxygen atoms in total. The van der Waals surface area contributed by atoms with Gasteiger partial charge in [0.2, 0.25) is 0 Å². The third kappa shape index (κ3) is 5.61. The molecule has 0 spiro atoms. The van der Waals surface area contributed by atoms with Crippen LogP contribution in [0.15, 0.2) is 12.7 Å². The van der Waals surface area contributed by atoms with E-state index in [1.807, 2.05) is 34.6 Å². The molecule has 1 fully saturated rings. The SMILES string of the molecule is C=CC[C@H](NC(=O)OC(C)(C)C)[C@H]1COC(C)(C)O1. The van der Waals surface area contributed by atoms with Crippen LogP contribution < -0.4 is 5.32 Å². The quantitative estimate of drug-likeness (QED) is 0.799. The first kappa shape index (κ1) is 16.0. The van der Waals surface area contributed by atoms with Crippen molar-refractivity contribution in [3.05, 3.63) is 12.7 Å². The van der Waals surface area contributed by atoms with Gasteiger partial charge in [0.05, 0.1) is 12.6 Å². The van der Waals surface area contributed by atoms with Crippen molar-refractivity contribution in [2.75, 3.05) is 6.61 Å². The van der Waals surface area contributed by atoms with Crippen LogP contribution in [-0.2, 0) is 14.2 Å². The van der Waals surface area contributed by atoms with Crippen molar-refractivity contribution in [3.8, 4) is 0 Å². The molecule has 1 aliphatic heterocycles. The third-order valence-electron chi connectivity index (χ3n) is 2.60. The predicted molar refractivity (Wildman–Crippen MR) is 72.9 cm³/mol. The molecule has 0 saturated carbocycles. The summed E-state index contributed by atoms with van der Waals surface area (Å²) in [6.07, 6.45) is 1.70. The van der Waals surface area contributed by atoms with Gasteiger partial charge in [-0.15, -0.1) is 6.58 Å². The number of carbonyl (C=O) groups is 1. The molecule has 0 aromatic carbocycles. The molecule has 0 aromatic rings. The predicted octanol–water partition coefficient (Wildman–Crippen LogP) is 2.61. The first-order valence-corrected chi connectivity index (χ1v) is 6.55. The molecule has 1 heterocycles. The van der Waals surface area contributed by atoms with Gasteiger partial charge in [-0.3, -0.25) is 0 Å². The highest BCUT2D eigenvalue weighted by molar-refractivity contribution is 5.68. The van der Waals surface area contributed by atoms with Crippen molar-refractivity contribution >= 4 is 6.09 Å². The first-order chi connectivity index (χ1) is 8.63. The molecule has 2 atom stereocenters. The van der Waals surface area contributed by atoms with Crippen LogP contribution in [0.25, 0.3) is 0 Å². The number of amides is 1. The van der Waals surface area contributed by atoms with E-state index in [4.69, 9.17) is 14.2 Å². The average molecular weight is 271 g/mol. The average Bonchev–Trinajstić information content (AvgIpc) is 2.55. The third-order valence-corrected chi connectivity index (χ3v) is 2.60. The van der Waals surface area contributed by atoms with Gasteiger partial charge in [-0.25, -0.2) is 4.79 Å². The Kier molecular flexibility index (Phi) is 4.98.